The minimum atomic E-state index is 0.0180. The fourth-order valence-corrected chi connectivity index (χ4v) is 2.78. The van der Waals surface area contributed by atoms with E-state index in [-0.39, 0.29) is 5.91 Å². The van der Waals surface area contributed by atoms with Gasteiger partial charge in [0.15, 0.2) is 0 Å². The highest BCUT2D eigenvalue weighted by molar-refractivity contribution is 7.98. The predicted molar refractivity (Wildman–Crippen MR) is 103 cm³/mol. The van der Waals surface area contributed by atoms with Gasteiger partial charge in [-0.25, -0.2) is 0 Å². The topological polar surface area (TPSA) is 55.1 Å². The number of carbonyl (C=O) groups is 1. The summed E-state index contributed by atoms with van der Waals surface area (Å²) in [5.74, 6) is 0.0180. The van der Waals surface area contributed by atoms with Crippen LogP contribution >= 0.6 is 11.9 Å². The maximum absolute atomic E-state index is 11.3. The number of nitrogens with zero attached hydrogens (tertiary/aromatic N) is 1. The van der Waals surface area contributed by atoms with E-state index in [9.17, 15) is 4.79 Å². The Morgan fingerprint density at radius 1 is 1.04 bits per heavy atom. The molecule has 0 radical (unpaired) electrons. The molecule has 130 valence electrons. The van der Waals surface area contributed by atoms with Crippen LogP contribution < -0.4 is 4.72 Å². The molecule has 0 saturated carbocycles. The van der Waals surface area contributed by atoms with Crippen LogP contribution in [0.15, 0.2) is 70.3 Å². The molecule has 0 aliphatic rings. The zero-order valence-corrected chi connectivity index (χ0v) is 15.5. The van der Waals surface area contributed by atoms with Crippen LogP contribution in [0.5, 0.6) is 0 Å². The molecule has 0 aliphatic carbocycles. The lowest BCUT2D eigenvalue weighted by Crippen LogP contribution is -2.13. The Hall–Kier alpha value is -2.53. The number of amides is 1. The standard InChI is InChI=1S/C18H16N2O2S.C2H6/c1-2-17(21)20-23-15-10-8-13(9-11-15)16-12-22-19-18(16)14-6-4-3-5-7-14;1-2/h3-12H,2H2,1H3,(H,20,21);1-2H3. The summed E-state index contributed by atoms with van der Waals surface area (Å²) in [7, 11) is 0. The lowest BCUT2D eigenvalue weighted by Gasteiger charge is -2.05. The van der Waals surface area contributed by atoms with Crippen molar-refractivity contribution in [1.29, 1.82) is 0 Å². The molecule has 1 N–H and O–H groups in total. The van der Waals surface area contributed by atoms with Crippen LogP contribution in [0.1, 0.15) is 27.2 Å². The van der Waals surface area contributed by atoms with Crippen molar-refractivity contribution < 1.29 is 9.32 Å². The average molecular weight is 354 g/mol. The predicted octanol–water partition coefficient (Wildman–Crippen LogP) is 5.57. The molecule has 2 aromatic carbocycles. The number of rotatable bonds is 5. The summed E-state index contributed by atoms with van der Waals surface area (Å²) >= 11 is 1.32. The third-order valence-corrected chi connectivity index (χ3v) is 4.22. The van der Waals surface area contributed by atoms with Gasteiger partial charge in [-0.05, 0) is 29.6 Å². The van der Waals surface area contributed by atoms with Gasteiger partial charge in [-0.3, -0.25) is 9.52 Å². The van der Waals surface area contributed by atoms with E-state index in [2.05, 4.69) is 9.88 Å². The smallest absolute Gasteiger partial charge is 0.229 e. The molecule has 25 heavy (non-hydrogen) atoms. The summed E-state index contributed by atoms with van der Waals surface area (Å²) in [5.41, 5.74) is 3.82. The van der Waals surface area contributed by atoms with Crippen molar-refractivity contribution in [3.63, 3.8) is 0 Å². The van der Waals surface area contributed by atoms with Gasteiger partial charge < -0.3 is 4.52 Å². The molecule has 0 bridgehead atoms. The average Bonchev–Trinajstić information content (AvgIpc) is 3.18. The number of benzene rings is 2. The van der Waals surface area contributed by atoms with Crippen molar-refractivity contribution in [1.82, 2.24) is 9.88 Å². The molecule has 5 heteroatoms. The summed E-state index contributed by atoms with van der Waals surface area (Å²) < 4.78 is 7.95. The second-order valence-electron chi connectivity index (χ2n) is 4.95. The van der Waals surface area contributed by atoms with Crippen LogP contribution in [0.3, 0.4) is 0 Å². The quantitative estimate of drug-likeness (QED) is 0.609. The molecule has 0 atom stereocenters. The number of aromatic nitrogens is 1. The van der Waals surface area contributed by atoms with Crippen LogP contribution in [0.25, 0.3) is 22.4 Å². The number of hydrogen-bond acceptors (Lipinski definition) is 4. The Kier molecular flexibility index (Phi) is 7.29. The first kappa shape index (κ1) is 18.8. The van der Waals surface area contributed by atoms with E-state index in [0.717, 1.165) is 27.3 Å². The van der Waals surface area contributed by atoms with E-state index in [1.54, 1.807) is 6.26 Å². The van der Waals surface area contributed by atoms with Gasteiger partial charge in [0.05, 0.1) is 0 Å². The van der Waals surface area contributed by atoms with E-state index < -0.39 is 0 Å². The van der Waals surface area contributed by atoms with Crippen molar-refractivity contribution in [2.24, 2.45) is 0 Å². The zero-order valence-electron chi connectivity index (χ0n) is 14.7. The first-order valence-electron chi connectivity index (χ1n) is 8.34. The Bertz CT molecular complexity index is 783. The van der Waals surface area contributed by atoms with Crippen molar-refractivity contribution in [3.05, 3.63) is 60.9 Å². The summed E-state index contributed by atoms with van der Waals surface area (Å²) in [4.78, 5) is 12.3. The molecule has 0 unspecified atom stereocenters. The van der Waals surface area contributed by atoms with Crippen molar-refractivity contribution in [2.75, 3.05) is 0 Å². The fraction of sp³-hybridized carbons (Fsp3) is 0.200. The van der Waals surface area contributed by atoms with Crippen LogP contribution in [-0.4, -0.2) is 11.1 Å². The number of hydrogen-bond donors (Lipinski definition) is 1. The Balaban J connectivity index is 0.00000109. The molecular formula is C20H22N2O2S. The van der Waals surface area contributed by atoms with Gasteiger partial charge in [0.25, 0.3) is 0 Å². The third-order valence-electron chi connectivity index (χ3n) is 3.39. The Morgan fingerprint density at radius 3 is 2.36 bits per heavy atom. The van der Waals surface area contributed by atoms with Gasteiger partial charge in [0, 0.05) is 22.4 Å². The summed E-state index contributed by atoms with van der Waals surface area (Å²) in [6.45, 7) is 5.83. The van der Waals surface area contributed by atoms with Crippen molar-refractivity contribution >= 4 is 17.9 Å². The van der Waals surface area contributed by atoms with Crippen LogP contribution in [0.4, 0.5) is 0 Å². The van der Waals surface area contributed by atoms with Crippen LogP contribution in [0, 0.1) is 0 Å². The molecule has 0 aliphatic heterocycles. The van der Waals surface area contributed by atoms with Crippen LogP contribution in [0.2, 0.25) is 0 Å². The SMILES string of the molecule is CC.CCC(=O)NSc1ccc(-c2conc2-c2ccccc2)cc1. The molecule has 3 rings (SSSR count). The highest BCUT2D eigenvalue weighted by Gasteiger charge is 2.12. The van der Waals surface area contributed by atoms with Crippen molar-refractivity contribution in [2.45, 2.75) is 32.1 Å². The maximum atomic E-state index is 11.3. The number of carbonyl (C=O) groups excluding carboxylic acids is 1. The minimum Gasteiger partial charge on any atom is -0.363 e. The lowest BCUT2D eigenvalue weighted by molar-refractivity contribution is -0.118. The van der Waals surface area contributed by atoms with E-state index >= 15 is 0 Å². The second kappa shape index (κ2) is 9.69. The monoisotopic (exact) mass is 354 g/mol. The minimum absolute atomic E-state index is 0.0180. The molecule has 1 aromatic heterocycles. The molecule has 0 fully saturated rings. The van der Waals surface area contributed by atoms with Crippen molar-refractivity contribution in [3.8, 4) is 22.4 Å². The van der Waals surface area contributed by atoms with E-state index in [4.69, 9.17) is 4.52 Å². The number of nitrogens with one attached hydrogen (secondary N) is 1. The van der Waals surface area contributed by atoms with E-state index in [1.807, 2.05) is 75.4 Å². The summed E-state index contributed by atoms with van der Waals surface area (Å²) in [6, 6.07) is 17.9. The second-order valence-corrected chi connectivity index (χ2v) is 5.83. The van der Waals surface area contributed by atoms with Gasteiger partial charge in [0.1, 0.15) is 12.0 Å². The lowest BCUT2D eigenvalue weighted by atomic mass is 10.0. The van der Waals surface area contributed by atoms with Gasteiger partial charge in [-0.2, -0.15) is 0 Å². The maximum Gasteiger partial charge on any atom is 0.229 e. The molecule has 1 amide bonds. The van der Waals surface area contributed by atoms with Gasteiger partial charge in [0.2, 0.25) is 5.91 Å². The molecule has 0 spiro atoms. The van der Waals surface area contributed by atoms with Gasteiger partial charge in [-0.1, -0.05) is 68.4 Å². The first-order chi connectivity index (χ1) is 12.3. The summed E-state index contributed by atoms with van der Waals surface area (Å²) in [5, 5.41) is 4.12. The molecular weight excluding hydrogens is 332 g/mol. The normalized spacial score (nSPS) is 9.88. The molecule has 0 saturated heterocycles. The highest BCUT2D eigenvalue weighted by Crippen LogP contribution is 2.31. The summed E-state index contributed by atoms with van der Waals surface area (Å²) in [6.07, 6.45) is 2.13. The zero-order chi connectivity index (χ0) is 18.1. The molecule has 1 heterocycles. The van der Waals surface area contributed by atoms with Gasteiger partial charge in [-0.15, -0.1) is 0 Å². The van der Waals surface area contributed by atoms with Crippen LogP contribution in [-0.2, 0) is 4.79 Å². The van der Waals surface area contributed by atoms with Gasteiger partial charge >= 0.3 is 0 Å². The fourth-order valence-electron chi connectivity index (χ4n) is 2.14. The molecule has 4 nitrogen and oxygen atoms in total. The van der Waals surface area contributed by atoms with E-state index in [0.29, 0.717) is 6.42 Å². The third kappa shape index (κ3) is 4.97. The Labute approximate surface area is 152 Å². The van der Waals surface area contributed by atoms with E-state index in [1.165, 1.54) is 11.9 Å². The first-order valence-corrected chi connectivity index (χ1v) is 9.15. The Morgan fingerprint density at radius 2 is 1.72 bits per heavy atom. The molecule has 3 aromatic rings. The largest absolute Gasteiger partial charge is 0.363 e. The highest BCUT2D eigenvalue weighted by atomic mass is 32.2.